The molecule has 3 rings (SSSR count). The van der Waals surface area contributed by atoms with Crippen LogP contribution in [0.2, 0.25) is 0 Å². The summed E-state index contributed by atoms with van der Waals surface area (Å²) in [7, 11) is 3.71. The molecule has 0 unspecified atom stereocenters. The molecule has 0 fully saturated rings. The Morgan fingerprint density at radius 2 is 1.64 bits per heavy atom. The van der Waals surface area contributed by atoms with Gasteiger partial charge in [-0.2, -0.15) is 0 Å². The lowest BCUT2D eigenvalue weighted by Crippen LogP contribution is -2.39. The highest BCUT2D eigenvalue weighted by atomic mass is 19.1. The molecule has 3 aromatic rings. The molecule has 0 bridgehead atoms. The number of benzene rings is 3. The number of hydrogen-bond acceptors (Lipinski definition) is 1. The summed E-state index contributed by atoms with van der Waals surface area (Å²) in [5, 5.41) is 9.95. The maximum absolute atomic E-state index is 14.1. The van der Waals surface area contributed by atoms with Crippen molar-refractivity contribution in [2.24, 2.45) is 0 Å². The molecule has 4 heteroatoms. The lowest BCUT2D eigenvalue weighted by molar-refractivity contribution is 0.640. The first-order chi connectivity index (χ1) is 12.0. The van der Waals surface area contributed by atoms with E-state index in [1.54, 1.807) is 17.0 Å². The van der Waals surface area contributed by atoms with Crippen LogP contribution in [0.15, 0.2) is 60.7 Å². The lowest BCUT2D eigenvalue weighted by atomic mass is 10.1. The second-order valence-corrected chi connectivity index (χ2v) is 6.08. The summed E-state index contributed by atoms with van der Waals surface area (Å²) in [5.74, 6) is 0.0771. The van der Waals surface area contributed by atoms with Gasteiger partial charge in [0, 0.05) is 30.6 Å². The average molecular weight is 335 g/mol. The summed E-state index contributed by atoms with van der Waals surface area (Å²) >= 11 is 0. The third-order valence-corrected chi connectivity index (χ3v) is 4.55. The number of nitrogens with zero attached hydrogens (tertiary/aromatic N) is 2. The molecule has 0 amide bonds. The van der Waals surface area contributed by atoms with E-state index in [4.69, 9.17) is 5.41 Å². The van der Waals surface area contributed by atoms with Crippen molar-refractivity contribution < 1.29 is 4.39 Å². The van der Waals surface area contributed by atoms with E-state index in [9.17, 15) is 4.39 Å². The number of guanidine groups is 1. The van der Waals surface area contributed by atoms with Crippen LogP contribution in [0.5, 0.6) is 0 Å². The van der Waals surface area contributed by atoms with Crippen LogP contribution in [0, 0.1) is 11.2 Å². The zero-order valence-corrected chi connectivity index (χ0v) is 14.8. The zero-order valence-electron chi connectivity index (χ0n) is 14.8. The SMILES string of the molecule is CCc1cccc(N(C)C(=N)N(C)c2ccc(F)c3ccccc23)c1. The molecule has 0 radical (unpaired) electrons. The van der Waals surface area contributed by atoms with Crippen molar-refractivity contribution in [1.82, 2.24) is 0 Å². The van der Waals surface area contributed by atoms with Gasteiger partial charge in [-0.25, -0.2) is 4.39 Å². The van der Waals surface area contributed by atoms with Crippen LogP contribution in [-0.4, -0.2) is 20.1 Å². The van der Waals surface area contributed by atoms with Crippen LogP contribution >= 0.6 is 0 Å². The van der Waals surface area contributed by atoms with Gasteiger partial charge in [-0.3, -0.25) is 5.41 Å². The van der Waals surface area contributed by atoms with Crippen molar-refractivity contribution >= 4 is 28.1 Å². The highest BCUT2D eigenvalue weighted by Crippen LogP contribution is 2.29. The molecule has 0 heterocycles. The fourth-order valence-electron chi connectivity index (χ4n) is 2.99. The Kier molecular flexibility index (Phi) is 4.70. The number of nitrogens with one attached hydrogen (secondary N) is 1. The van der Waals surface area contributed by atoms with Gasteiger partial charge in [0.1, 0.15) is 5.82 Å². The number of rotatable bonds is 3. The third-order valence-electron chi connectivity index (χ3n) is 4.55. The minimum atomic E-state index is -0.247. The van der Waals surface area contributed by atoms with Crippen molar-refractivity contribution in [3.05, 3.63) is 72.0 Å². The fourth-order valence-corrected chi connectivity index (χ4v) is 2.99. The van der Waals surface area contributed by atoms with Crippen molar-refractivity contribution in [3.63, 3.8) is 0 Å². The van der Waals surface area contributed by atoms with E-state index in [0.717, 1.165) is 23.2 Å². The maximum atomic E-state index is 14.1. The van der Waals surface area contributed by atoms with Crippen LogP contribution in [0.25, 0.3) is 10.8 Å². The molecule has 25 heavy (non-hydrogen) atoms. The molecule has 1 N–H and O–H groups in total. The number of fused-ring (bicyclic) bond motifs is 1. The first-order valence-corrected chi connectivity index (χ1v) is 8.35. The summed E-state index contributed by atoms with van der Waals surface area (Å²) in [5.41, 5.74) is 3.00. The Morgan fingerprint density at radius 1 is 0.920 bits per heavy atom. The smallest absolute Gasteiger partial charge is 0.202 e. The highest BCUT2D eigenvalue weighted by Gasteiger charge is 2.16. The van der Waals surface area contributed by atoms with E-state index in [1.165, 1.54) is 11.6 Å². The molecule has 0 atom stereocenters. The average Bonchev–Trinajstić information content (AvgIpc) is 2.67. The molecule has 128 valence electrons. The summed E-state index contributed by atoms with van der Waals surface area (Å²) in [4.78, 5) is 3.61. The predicted molar refractivity (Wildman–Crippen MR) is 104 cm³/mol. The number of aryl methyl sites for hydroxylation is 1. The molecule has 0 saturated carbocycles. The van der Waals surface area contributed by atoms with Gasteiger partial charge in [-0.1, -0.05) is 43.3 Å². The van der Waals surface area contributed by atoms with Gasteiger partial charge >= 0.3 is 0 Å². The summed E-state index contributed by atoms with van der Waals surface area (Å²) in [6.45, 7) is 2.11. The largest absolute Gasteiger partial charge is 0.316 e. The van der Waals surface area contributed by atoms with E-state index in [1.807, 2.05) is 49.3 Å². The molecule has 0 aliphatic rings. The molecule has 0 aromatic heterocycles. The van der Waals surface area contributed by atoms with Crippen LogP contribution in [-0.2, 0) is 6.42 Å². The third kappa shape index (κ3) is 3.20. The topological polar surface area (TPSA) is 30.3 Å². The van der Waals surface area contributed by atoms with Gasteiger partial charge in [0.05, 0.1) is 5.69 Å². The Balaban J connectivity index is 1.96. The molecule has 3 aromatic carbocycles. The maximum Gasteiger partial charge on any atom is 0.202 e. The van der Waals surface area contributed by atoms with E-state index in [0.29, 0.717) is 11.3 Å². The van der Waals surface area contributed by atoms with Gasteiger partial charge < -0.3 is 9.80 Å². The molecule has 0 spiro atoms. The van der Waals surface area contributed by atoms with Crippen LogP contribution in [0.1, 0.15) is 12.5 Å². The Hall–Kier alpha value is -2.88. The van der Waals surface area contributed by atoms with Crippen molar-refractivity contribution in [3.8, 4) is 0 Å². The molecule has 0 aliphatic heterocycles. The van der Waals surface area contributed by atoms with Gasteiger partial charge in [0.15, 0.2) is 0 Å². The quantitative estimate of drug-likeness (QED) is 0.536. The summed E-state index contributed by atoms with van der Waals surface area (Å²) in [6, 6.07) is 18.7. The normalized spacial score (nSPS) is 10.7. The Bertz CT molecular complexity index is 920. The number of hydrogen-bond donors (Lipinski definition) is 1. The highest BCUT2D eigenvalue weighted by molar-refractivity contribution is 6.09. The van der Waals surface area contributed by atoms with Crippen LogP contribution in [0.4, 0.5) is 15.8 Å². The van der Waals surface area contributed by atoms with Crippen molar-refractivity contribution in [1.29, 1.82) is 5.41 Å². The van der Waals surface area contributed by atoms with Crippen LogP contribution < -0.4 is 9.80 Å². The van der Waals surface area contributed by atoms with E-state index >= 15 is 0 Å². The molecular formula is C21H22FN3. The minimum absolute atomic E-state index is 0.247. The standard InChI is InChI=1S/C21H22FN3/c1-4-15-8-7-9-16(14-15)24(2)21(23)25(3)20-13-12-19(22)17-10-5-6-11-18(17)20/h5-14,23H,4H2,1-3H3. The molecule has 0 aliphatic carbocycles. The Morgan fingerprint density at radius 3 is 2.36 bits per heavy atom. The monoisotopic (exact) mass is 335 g/mol. The van der Waals surface area contributed by atoms with E-state index < -0.39 is 0 Å². The number of anilines is 2. The lowest BCUT2D eigenvalue weighted by Gasteiger charge is -2.29. The minimum Gasteiger partial charge on any atom is -0.316 e. The summed E-state index contributed by atoms with van der Waals surface area (Å²) < 4.78 is 14.1. The summed E-state index contributed by atoms with van der Waals surface area (Å²) in [6.07, 6.45) is 0.952. The van der Waals surface area contributed by atoms with Gasteiger partial charge in [-0.15, -0.1) is 0 Å². The van der Waals surface area contributed by atoms with Gasteiger partial charge in [0.25, 0.3) is 0 Å². The predicted octanol–water partition coefficient (Wildman–Crippen LogP) is 5.05. The Labute approximate surface area is 147 Å². The second-order valence-electron chi connectivity index (χ2n) is 6.08. The van der Waals surface area contributed by atoms with E-state index in [2.05, 4.69) is 19.1 Å². The van der Waals surface area contributed by atoms with Crippen molar-refractivity contribution in [2.75, 3.05) is 23.9 Å². The van der Waals surface area contributed by atoms with Crippen LogP contribution in [0.3, 0.4) is 0 Å². The van der Waals surface area contributed by atoms with Gasteiger partial charge in [-0.05, 0) is 36.2 Å². The van der Waals surface area contributed by atoms with E-state index in [-0.39, 0.29) is 5.82 Å². The fraction of sp³-hybridized carbons (Fsp3) is 0.190. The van der Waals surface area contributed by atoms with Gasteiger partial charge in [0.2, 0.25) is 5.96 Å². The molecular weight excluding hydrogens is 313 g/mol. The second kappa shape index (κ2) is 6.93. The van der Waals surface area contributed by atoms with Crippen molar-refractivity contribution in [2.45, 2.75) is 13.3 Å². The first-order valence-electron chi connectivity index (χ1n) is 8.35. The molecule has 0 saturated heterocycles. The molecule has 3 nitrogen and oxygen atoms in total. The first kappa shape index (κ1) is 17.0. The zero-order chi connectivity index (χ0) is 18.0. The number of halogens is 1.